The first-order valence-corrected chi connectivity index (χ1v) is 10.5. The van der Waals surface area contributed by atoms with Crippen LogP contribution in [0.4, 0.5) is 0 Å². The standard InChI is InChI=1S/C19H26ClNO3S/c1-13-10-15(20)5-6-18(13)24-14(2)19(22)21(16-7-9-25-12-16)11-17-4-3-8-23-17/h5-6,10,14,16-17H,3-4,7-9,11-12H2,1-2H3. The van der Waals surface area contributed by atoms with E-state index in [1.807, 2.05) is 42.6 Å². The number of thioether (sulfide) groups is 1. The van der Waals surface area contributed by atoms with Crippen molar-refractivity contribution in [3.63, 3.8) is 0 Å². The fourth-order valence-corrected chi connectivity index (χ4v) is 4.86. The topological polar surface area (TPSA) is 38.8 Å². The lowest BCUT2D eigenvalue weighted by Gasteiger charge is -2.33. The fourth-order valence-electron chi connectivity index (χ4n) is 3.41. The van der Waals surface area contributed by atoms with Crippen LogP contribution in [-0.2, 0) is 9.53 Å². The van der Waals surface area contributed by atoms with Crippen LogP contribution in [-0.4, -0.2) is 53.7 Å². The first-order valence-electron chi connectivity index (χ1n) is 8.97. The quantitative estimate of drug-likeness (QED) is 0.746. The third-order valence-corrected chi connectivity index (χ3v) is 6.22. The number of amides is 1. The number of benzene rings is 1. The number of aryl methyl sites for hydroxylation is 1. The van der Waals surface area contributed by atoms with E-state index in [9.17, 15) is 4.79 Å². The highest BCUT2D eigenvalue weighted by atomic mass is 35.5. The highest BCUT2D eigenvalue weighted by molar-refractivity contribution is 7.99. The van der Waals surface area contributed by atoms with Crippen LogP contribution in [0.1, 0.15) is 31.7 Å². The maximum absolute atomic E-state index is 13.1. The molecule has 2 aliphatic rings. The van der Waals surface area contributed by atoms with Crippen LogP contribution >= 0.6 is 23.4 Å². The van der Waals surface area contributed by atoms with Crippen LogP contribution in [0.15, 0.2) is 18.2 Å². The molecule has 25 heavy (non-hydrogen) atoms. The van der Waals surface area contributed by atoms with Gasteiger partial charge in [-0.25, -0.2) is 0 Å². The van der Waals surface area contributed by atoms with Crippen molar-refractivity contribution < 1.29 is 14.3 Å². The first-order chi connectivity index (χ1) is 12.0. The molecule has 1 aromatic rings. The summed E-state index contributed by atoms with van der Waals surface area (Å²) in [5, 5.41) is 0.673. The molecule has 138 valence electrons. The molecule has 0 saturated carbocycles. The summed E-state index contributed by atoms with van der Waals surface area (Å²) < 4.78 is 11.7. The van der Waals surface area contributed by atoms with Gasteiger partial charge >= 0.3 is 0 Å². The Morgan fingerprint density at radius 1 is 1.48 bits per heavy atom. The van der Waals surface area contributed by atoms with E-state index >= 15 is 0 Å². The summed E-state index contributed by atoms with van der Waals surface area (Å²) in [7, 11) is 0. The number of carbonyl (C=O) groups is 1. The second kappa shape index (κ2) is 8.65. The zero-order chi connectivity index (χ0) is 17.8. The molecular formula is C19H26ClNO3S. The number of halogens is 1. The molecule has 2 saturated heterocycles. The fraction of sp³-hybridized carbons (Fsp3) is 0.632. The molecule has 3 unspecified atom stereocenters. The van der Waals surface area contributed by atoms with Gasteiger partial charge in [-0.15, -0.1) is 0 Å². The Kier molecular flexibility index (Phi) is 6.53. The monoisotopic (exact) mass is 383 g/mol. The highest BCUT2D eigenvalue weighted by Crippen LogP contribution is 2.27. The summed E-state index contributed by atoms with van der Waals surface area (Å²) in [6, 6.07) is 5.76. The molecule has 1 aromatic carbocycles. The van der Waals surface area contributed by atoms with Crippen LogP contribution in [0.25, 0.3) is 0 Å². The first kappa shape index (κ1) is 18.9. The molecule has 0 aliphatic carbocycles. The Bertz CT molecular complexity index is 600. The lowest BCUT2D eigenvalue weighted by atomic mass is 10.1. The summed E-state index contributed by atoms with van der Waals surface area (Å²) in [4.78, 5) is 15.1. The van der Waals surface area contributed by atoms with E-state index in [4.69, 9.17) is 21.1 Å². The lowest BCUT2D eigenvalue weighted by Crippen LogP contribution is -2.49. The summed E-state index contributed by atoms with van der Waals surface area (Å²) in [6.45, 7) is 5.26. The number of ether oxygens (including phenoxy) is 2. The molecule has 3 rings (SSSR count). The van der Waals surface area contributed by atoms with Crippen LogP contribution in [0.5, 0.6) is 5.75 Å². The normalized spacial score (nSPS) is 24.3. The summed E-state index contributed by atoms with van der Waals surface area (Å²) in [6.07, 6.45) is 2.82. The van der Waals surface area contributed by atoms with Crippen molar-refractivity contribution in [2.45, 2.75) is 51.4 Å². The molecule has 2 aliphatic heterocycles. The van der Waals surface area contributed by atoms with Crippen LogP contribution < -0.4 is 4.74 Å². The smallest absolute Gasteiger partial charge is 0.263 e. The van der Waals surface area contributed by atoms with E-state index in [1.54, 1.807) is 6.07 Å². The van der Waals surface area contributed by atoms with Gasteiger partial charge in [-0.1, -0.05) is 11.6 Å². The molecule has 4 nitrogen and oxygen atoms in total. The largest absolute Gasteiger partial charge is 0.481 e. The molecule has 1 amide bonds. The minimum Gasteiger partial charge on any atom is -0.481 e. The van der Waals surface area contributed by atoms with Crippen molar-refractivity contribution in [3.05, 3.63) is 28.8 Å². The van der Waals surface area contributed by atoms with Crippen molar-refractivity contribution in [3.8, 4) is 5.75 Å². The average molecular weight is 384 g/mol. The van der Waals surface area contributed by atoms with E-state index in [2.05, 4.69) is 0 Å². The van der Waals surface area contributed by atoms with Crippen molar-refractivity contribution in [1.29, 1.82) is 0 Å². The van der Waals surface area contributed by atoms with E-state index in [-0.39, 0.29) is 12.0 Å². The van der Waals surface area contributed by atoms with Crippen LogP contribution in [0.2, 0.25) is 5.02 Å². The average Bonchev–Trinajstić information content (AvgIpc) is 3.27. The van der Waals surface area contributed by atoms with E-state index in [0.29, 0.717) is 23.4 Å². The van der Waals surface area contributed by atoms with Crippen molar-refractivity contribution >= 4 is 29.3 Å². The number of hydrogen-bond acceptors (Lipinski definition) is 4. The van der Waals surface area contributed by atoms with Crippen LogP contribution in [0.3, 0.4) is 0 Å². The predicted octanol–water partition coefficient (Wildman–Crippen LogP) is 3.93. The van der Waals surface area contributed by atoms with Crippen molar-refractivity contribution in [2.75, 3.05) is 24.7 Å². The minimum atomic E-state index is -0.521. The second-order valence-corrected chi connectivity index (χ2v) is 8.40. The van der Waals surface area contributed by atoms with Gasteiger partial charge in [-0.2, -0.15) is 11.8 Å². The highest BCUT2D eigenvalue weighted by Gasteiger charge is 2.33. The van der Waals surface area contributed by atoms with Gasteiger partial charge < -0.3 is 14.4 Å². The van der Waals surface area contributed by atoms with E-state index < -0.39 is 6.10 Å². The number of nitrogens with zero attached hydrogens (tertiary/aromatic N) is 1. The zero-order valence-electron chi connectivity index (χ0n) is 14.9. The molecule has 2 heterocycles. The van der Waals surface area contributed by atoms with Crippen molar-refractivity contribution in [2.24, 2.45) is 0 Å². The second-order valence-electron chi connectivity index (χ2n) is 6.81. The molecule has 0 N–H and O–H groups in total. The molecule has 0 bridgehead atoms. The molecule has 0 aromatic heterocycles. The SMILES string of the molecule is Cc1cc(Cl)ccc1OC(C)C(=O)N(CC1CCCO1)C1CCSC1. The molecular weight excluding hydrogens is 358 g/mol. The Labute approximate surface area is 159 Å². The maximum atomic E-state index is 13.1. The molecule has 0 radical (unpaired) electrons. The Hall–Kier alpha value is -0.910. The van der Waals surface area contributed by atoms with Gasteiger partial charge in [0.1, 0.15) is 5.75 Å². The maximum Gasteiger partial charge on any atom is 0.263 e. The number of hydrogen-bond donors (Lipinski definition) is 0. The van der Waals surface area contributed by atoms with Gasteiger partial charge in [-0.3, -0.25) is 4.79 Å². The lowest BCUT2D eigenvalue weighted by molar-refractivity contribution is -0.141. The summed E-state index contributed by atoms with van der Waals surface area (Å²) in [5.41, 5.74) is 0.939. The molecule has 3 atom stereocenters. The predicted molar refractivity (Wildman–Crippen MR) is 103 cm³/mol. The summed E-state index contributed by atoms with van der Waals surface area (Å²) >= 11 is 7.92. The third kappa shape index (κ3) is 4.83. The van der Waals surface area contributed by atoms with Crippen molar-refractivity contribution in [1.82, 2.24) is 4.90 Å². The Morgan fingerprint density at radius 2 is 2.32 bits per heavy atom. The summed E-state index contributed by atoms with van der Waals surface area (Å²) in [5.74, 6) is 2.89. The molecule has 6 heteroatoms. The van der Waals surface area contributed by atoms with Gasteiger partial charge in [0.25, 0.3) is 5.91 Å². The zero-order valence-corrected chi connectivity index (χ0v) is 16.4. The van der Waals surface area contributed by atoms with Gasteiger partial charge in [0.05, 0.1) is 6.10 Å². The third-order valence-electron chi connectivity index (χ3n) is 4.84. The van der Waals surface area contributed by atoms with E-state index in [0.717, 1.165) is 42.9 Å². The minimum absolute atomic E-state index is 0.0531. The van der Waals surface area contributed by atoms with Gasteiger partial charge in [0, 0.05) is 30.0 Å². The van der Waals surface area contributed by atoms with Gasteiger partial charge in [0.2, 0.25) is 0 Å². The molecule has 2 fully saturated rings. The number of carbonyl (C=O) groups excluding carboxylic acids is 1. The van der Waals surface area contributed by atoms with Gasteiger partial charge in [0.15, 0.2) is 6.10 Å². The Balaban J connectivity index is 1.68. The molecule has 0 spiro atoms. The van der Waals surface area contributed by atoms with Crippen LogP contribution in [0, 0.1) is 6.92 Å². The van der Waals surface area contributed by atoms with E-state index in [1.165, 1.54) is 0 Å². The number of rotatable bonds is 6. The van der Waals surface area contributed by atoms with Gasteiger partial charge in [-0.05, 0) is 62.6 Å². The Morgan fingerprint density at radius 3 is 2.96 bits per heavy atom.